The van der Waals surface area contributed by atoms with Crippen LogP contribution >= 0.6 is 0 Å². The van der Waals surface area contributed by atoms with E-state index in [1.807, 2.05) is 6.92 Å². The molecule has 120 valence electrons. The first-order valence-corrected chi connectivity index (χ1v) is 6.94. The van der Waals surface area contributed by atoms with E-state index in [1.165, 1.54) is 7.11 Å². The molecule has 0 saturated heterocycles. The molecule has 22 heavy (non-hydrogen) atoms. The van der Waals surface area contributed by atoms with Crippen molar-refractivity contribution in [1.29, 1.82) is 0 Å². The number of ether oxygens (including phenoxy) is 3. The van der Waals surface area contributed by atoms with E-state index in [4.69, 9.17) is 9.47 Å². The number of hydrogen-bond donors (Lipinski definition) is 0. The van der Waals surface area contributed by atoms with Crippen molar-refractivity contribution in [2.45, 2.75) is 19.3 Å². The lowest BCUT2D eigenvalue weighted by Gasteiger charge is -2.22. The van der Waals surface area contributed by atoms with Crippen LogP contribution in [0.15, 0.2) is 30.3 Å². The van der Waals surface area contributed by atoms with Crippen LogP contribution in [0.2, 0.25) is 0 Å². The number of benzene rings is 1. The molecular formula is C16H20O6. The minimum atomic E-state index is -1.40. The normalized spacial score (nSPS) is 12.9. The van der Waals surface area contributed by atoms with Crippen LogP contribution in [-0.2, 0) is 28.6 Å². The van der Waals surface area contributed by atoms with Gasteiger partial charge in [-0.1, -0.05) is 37.3 Å². The highest BCUT2D eigenvalue weighted by molar-refractivity contribution is 6.01. The Kier molecular flexibility index (Phi) is 7.08. The standard InChI is InChI=1S/C16H20O6/c1-4-10-22-16(19)13(15(18)21-3)12(14(17)20-2)11-8-6-5-7-9-11/h5-9,12-13H,4,10H2,1-3H3. The SMILES string of the molecule is CCCOC(=O)C(C(=O)OC)C(C(=O)OC)c1ccccc1. The van der Waals surface area contributed by atoms with Gasteiger partial charge in [0.25, 0.3) is 0 Å². The lowest BCUT2D eigenvalue weighted by Crippen LogP contribution is -2.37. The van der Waals surface area contributed by atoms with Crippen molar-refractivity contribution in [3.05, 3.63) is 35.9 Å². The van der Waals surface area contributed by atoms with Crippen molar-refractivity contribution in [3.63, 3.8) is 0 Å². The van der Waals surface area contributed by atoms with Gasteiger partial charge in [-0.3, -0.25) is 14.4 Å². The Morgan fingerprint density at radius 2 is 1.55 bits per heavy atom. The second-order valence-corrected chi connectivity index (χ2v) is 4.58. The van der Waals surface area contributed by atoms with Gasteiger partial charge in [0.15, 0.2) is 5.92 Å². The third-order valence-corrected chi connectivity index (χ3v) is 3.10. The Hall–Kier alpha value is -2.37. The van der Waals surface area contributed by atoms with Crippen molar-refractivity contribution < 1.29 is 28.6 Å². The summed E-state index contributed by atoms with van der Waals surface area (Å²) in [7, 11) is 2.35. The number of methoxy groups -OCH3 is 2. The molecule has 0 aromatic heterocycles. The molecule has 0 aliphatic rings. The summed E-state index contributed by atoms with van der Waals surface area (Å²) in [5, 5.41) is 0. The van der Waals surface area contributed by atoms with Crippen LogP contribution in [0.25, 0.3) is 0 Å². The number of carbonyl (C=O) groups excluding carboxylic acids is 3. The number of rotatable bonds is 7. The van der Waals surface area contributed by atoms with E-state index >= 15 is 0 Å². The predicted octanol–water partition coefficient (Wildman–Crippen LogP) is 1.69. The van der Waals surface area contributed by atoms with Gasteiger partial charge in [0, 0.05) is 0 Å². The van der Waals surface area contributed by atoms with Crippen molar-refractivity contribution in [1.82, 2.24) is 0 Å². The smallest absolute Gasteiger partial charge is 0.321 e. The second kappa shape index (κ2) is 8.81. The Morgan fingerprint density at radius 1 is 0.955 bits per heavy atom. The Bertz CT molecular complexity index is 511. The van der Waals surface area contributed by atoms with E-state index in [0.29, 0.717) is 12.0 Å². The summed E-state index contributed by atoms with van der Waals surface area (Å²) in [6.07, 6.45) is 0.605. The van der Waals surface area contributed by atoms with Gasteiger partial charge in [-0.2, -0.15) is 0 Å². The maximum absolute atomic E-state index is 12.2. The van der Waals surface area contributed by atoms with Gasteiger partial charge in [-0.25, -0.2) is 0 Å². The molecule has 0 heterocycles. The average Bonchev–Trinajstić information content (AvgIpc) is 2.56. The minimum absolute atomic E-state index is 0.162. The van der Waals surface area contributed by atoms with Gasteiger partial charge in [-0.05, 0) is 12.0 Å². The van der Waals surface area contributed by atoms with Gasteiger partial charge < -0.3 is 14.2 Å². The molecule has 6 nitrogen and oxygen atoms in total. The molecule has 0 bridgehead atoms. The van der Waals surface area contributed by atoms with E-state index < -0.39 is 29.7 Å². The summed E-state index contributed by atoms with van der Waals surface area (Å²) in [5.41, 5.74) is 0.484. The molecule has 6 heteroatoms. The highest BCUT2D eigenvalue weighted by Gasteiger charge is 2.43. The highest BCUT2D eigenvalue weighted by atomic mass is 16.6. The highest BCUT2D eigenvalue weighted by Crippen LogP contribution is 2.28. The summed E-state index contributed by atoms with van der Waals surface area (Å²) < 4.78 is 14.4. The summed E-state index contributed by atoms with van der Waals surface area (Å²) in [5.74, 6) is -4.84. The fourth-order valence-electron chi connectivity index (χ4n) is 2.04. The minimum Gasteiger partial charge on any atom is -0.469 e. The Balaban J connectivity index is 3.22. The fraction of sp³-hybridized carbons (Fsp3) is 0.438. The zero-order valence-electron chi connectivity index (χ0n) is 12.9. The molecular weight excluding hydrogens is 288 g/mol. The van der Waals surface area contributed by atoms with Crippen LogP contribution in [0, 0.1) is 5.92 Å². The molecule has 0 radical (unpaired) electrons. The molecule has 2 atom stereocenters. The average molecular weight is 308 g/mol. The summed E-state index contributed by atoms with van der Waals surface area (Å²) >= 11 is 0. The van der Waals surface area contributed by atoms with Crippen molar-refractivity contribution in [2.75, 3.05) is 20.8 Å². The Morgan fingerprint density at radius 3 is 2.05 bits per heavy atom. The van der Waals surface area contributed by atoms with Crippen LogP contribution in [0.1, 0.15) is 24.8 Å². The summed E-state index contributed by atoms with van der Waals surface area (Å²) in [4.78, 5) is 36.3. The molecule has 0 saturated carbocycles. The summed E-state index contributed by atoms with van der Waals surface area (Å²) in [6, 6.07) is 8.46. The van der Waals surface area contributed by atoms with Gasteiger partial charge in [0.05, 0.1) is 20.8 Å². The molecule has 1 aromatic carbocycles. The lowest BCUT2D eigenvalue weighted by atomic mass is 9.86. The third kappa shape index (κ3) is 4.31. The molecule has 1 rings (SSSR count). The van der Waals surface area contributed by atoms with Crippen LogP contribution in [0.3, 0.4) is 0 Å². The first-order chi connectivity index (χ1) is 10.6. The number of esters is 3. The van der Waals surface area contributed by atoms with Crippen LogP contribution in [0.5, 0.6) is 0 Å². The topological polar surface area (TPSA) is 78.9 Å². The van der Waals surface area contributed by atoms with E-state index in [1.54, 1.807) is 30.3 Å². The van der Waals surface area contributed by atoms with Gasteiger partial charge in [0.1, 0.15) is 5.92 Å². The first-order valence-electron chi connectivity index (χ1n) is 6.94. The van der Waals surface area contributed by atoms with Crippen molar-refractivity contribution in [2.24, 2.45) is 5.92 Å². The monoisotopic (exact) mass is 308 g/mol. The molecule has 0 aliphatic heterocycles. The van der Waals surface area contributed by atoms with Gasteiger partial charge >= 0.3 is 17.9 Å². The third-order valence-electron chi connectivity index (χ3n) is 3.10. The van der Waals surface area contributed by atoms with E-state index in [0.717, 1.165) is 7.11 Å². The maximum atomic E-state index is 12.2. The second-order valence-electron chi connectivity index (χ2n) is 4.58. The molecule has 2 unspecified atom stereocenters. The van der Waals surface area contributed by atoms with E-state index in [9.17, 15) is 14.4 Å². The zero-order valence-corrected chi connectivity index (χ0v) is 12.9. The number of hydrogen-bond acceptors (Lipinski definition) is 6. The maximum Gasteiger partial charge on any atom is 0.321 e. The molecule has 0 fully saturated rings. The van der Waals surface area contributed by atoms with Crippen LogP contribution in [0.4, 0.5) is 0 Å². The molecule has 0 spiro atoms. The molecule has 1 aromatic rings. The van der Waals surface area contributed by atoms with Crippen molar-refractivity contribution >= 4 is 17.9 Å². The van der Waals surface area contributed by atoms with Gasteiger partial charge in [0.2, 0.25) is 0 Å². The zero-order chi connectivity index (χ0) is 16.5. The number of carbonyl (C=O) groups is 3. The van der Waals surface area contributed by atoms with Crippen LogP contribution < -0.4 is 0 Å². The summed E-state index contributed by atoms with van der Waals surface area (Å²) in [6.45, 7) is 1.99. The lowest BCUT2D eigenvalue weighted by molar-refractivity contribution is -0.166. The predicted molar refractivity (Wildman–Crippen MR) is 78.0 cm³/mol. The van der Waals surface area contributed by atoms with Crippen LogP contribution in [-0.4, -0.2) is 38.7 Å². The molecule has 0 N–H and O–H groups in total. The first kappa shape index (κ1) is 17.7. The fourth-order valence-corrected chi connectivity index (χ4v) is 2.04. The van der Waals surface area contributed by atoms with E-state index in [-0.39, 0.29) is 6.61 Å². The molecule has 0 amide bonds. The Labute approximate surface area is 129 Å². The molecule has 0 aliphatic carbocycles. The largest absolute Gasteiger partial charge is 0.469 e. The van der Waals surface area contributed by atoms with Crippen molar-refractivity contribution in [3.8, 4) is 0 Å². The van der Waals surface area contributed by atoms with Gasteiger partial charge in [-0.15, -0.1) is 0 Å². The quantitative estimate of drug-likeness (QED) is 0.433. The van der Waals surface area contributed by atoms with E-state index in [2.05, 4.69) is 4.74 Å².